The number of nitrogens with one attached hydrogen (secondary N) is 1. The van der Waals surface area contributed by atoms with E-state index in [1.54, 1.807) is 0 Å². The normalized spacial score (nSPS) is 13.9. The lowest BCUT2D eigenvalue weighted by atomic mass is 9.93. The van der Waals surface area contributed by atoms with Gasteiger partial charge < -0.3 is 5.32 Å². The molecule has 2 atom stereocenters. The SMILES string of the molecule is CCNC(c1ccc(C)cc1)c1ccc(C(C)CC)cc1. The molecule has 1 nitrogen and oxygen atoms in total. The Morgan fingerprint density at radius 3 is 1.76 bits per heavy atom. The van der Waals surface area contributed by atoms with Gasteiger partial charge in [-0.05, 0) is 42.5 Å². The van der Waals surface area contributed by atoms with Gasteiger partial charge in [0.1, 0.15) is 0 Å². The topological polar surface area (TPSA) is 12.0 Å². The zero-order valence-corrected chi connectivity index (χ0v) is 13.7. The van der Waals surface area contributed by atoms with Crippen molar-refractivity contribution in [3.63, 3.8) is 0 Å². The molecule has 2 unspecified atom stereocenters. The van der Waals surface area contributed by atoms with Crippen molar-refractivity contribution >= 4 is 0 Å². The Morgan fingerprint density at radius 2 is 1.29 bits per heavy atom. The van der Waals surface area contributed by atoms with Crippen molar-refractivity contribution < 1.29 is 0 Å². The Hall–Kier alpha value is -1.60. The second kappa shape index (κ2) is 7.42. The minimum absolute atomic E-state index is 0.279. The molecule has 0 aliphatic carbocycles. The molecule has 112 valence electrons. The molecule has 0 saturated carbocycles. The van der Waals surface area contributed by atoms with Gasteiger partial charge in [0, 0.05) is 0 Å². The highest BCUT2D eigenvalue weighted by atomic mass is 14.9. The number of hydrogen-bond donors (Lipinski definition) is 1. The minimum Gasteiger partial charge on any atom is -0.307 e. The molecule has 21 heavy (non-hydrogen) atoms. The summed E-state index contributed by atoms with van der Waals surface area (Å²) in [6, 6.07) is 18.2. The van der Waals surface area contributed by atoms with Crippen LogP contribution in [0.5, 0.6) is 0 Å². The number of aryl methyl sites for hydroxylation is 1. The molecule has 2 rings (SSSR count). The lowest BCUT2D eigenvalue weighted by Crippen LogP contribution is -2.22. The van der Waals surface area contributed by atoms with Crippen LogP contribution in [0.3, 0.4) is 0 Å². The summed E-state index contributed by atoms with van der Waals surface area (Å²) >= 11 is 0. The molecule has 0 aliphatic rings. The highest BCUT2D eigenvalue weighted by Crippen LogP contribution is 2.25. The van der Waals surface area contributed by atoms with Crippen LogP contribution in [0.15, 0.2) is 48.5 Å². The minimum atomic E-state index is 0.279. The van der Waals surface area contributed by atoms with Gasteiger partial charge in [0.15, 0.2) is 0 Å². The molecular weight excluding hydrogens is 254 g/mol. The van der Waals surface area contributed by atoms with Crippen molar-refractivity contribution in [3.8, 4) is 0 Å². The molecule has 0 aliphatic heterocycles. The fourth-order valence-electron chi connectivity index (χ4n) is 2.64. The van der Waals surface area contributed by atoms with Crippen molar-refractivity contribution in [2.45, 2.75) is 46.1 Å². The maximum Gasteiger partial charge on any atom is 0.0576 e. The molecule has 0 saturated heterocycles. The zero-order chi connectivity index (χ0) is 15.2. The van der Waals surface area contributed by atoms with Crippen molar-refractivity contribution in [3.05, 3.63) is 70.8 Å². The Bertz CT molecular complexity index is 539. The number of hydrogen-bond acceptors (Lipinski definition) is 1. The quantitative estimate of drug-likeness (QED) is 0.766. The van der Waals surface area contributed by atoms with Crippen LogP contribution in [0.25, 0.3) is 0 Å². The first-order chi connectivity index (χ1) is 10.2. The maximum atomic E-state index is 3.60. The fraction of sp³-hybridized carbons (Fsp3) is 0.400. The van der Waals surface area contributed by atoms with Crippen LogP contribution in [0.1, 0.15) is 61.4 Å². The van der Waals surface area contributed by atoms with Gasteiger partial charge in [-0.15, -0.1) is 0 Å². The lowest BCUT2D eigenvalue weighted by molar-refractivity contribution is 0.629. The molecule has 0 spiro atoms. The summed E-state index contributed by atoms with van der Waals surface area (Å²) in [6.07, 6.45) is 1.19. The highest BCUT2D eigenvalue weighted by molar-refractivity contribution is 5.35. The molecule has 0 bridgehead atoms. The fourth-order valence-corrected chi connectivity index (χ4v) is 2.64. The molecule has 1 N–H and O–H groups in total. The second-order valence-corrected chi connectivity index (χ2v) is 5.88. The van der Waals surface area contributed by atoms with E-state index in [1.807, 2.05) is 0 Å². The van der Waals surface area contributed by atoms with E-state index in [0.717, 1.165) is 6.54 Å². The average molecular weight is 281 g/mol. The largest absolute Gasteiger partial charge is 0.307 e. The van der Waals surface area contributed by atoms with Crippen molar-refractivity contribution in [2.24, 2.45) is 0 Å². The summed E-state index contributed by atoms with van der Waals surface area (Å²) in [4.78, 5) is 0. The van der Waals surface area contributed by atoms with Crippen LogP contribution in [0, 0.1) is 6.92 Å². The second-order valence-electron chi connectivity index (χ2n) is 5.88. The first kappa shape index (κ1) is 15.8. The Kier molecular flexibility index (Phi) is 5.58. The predicted octanol–water partition coefficient (Wildman–Crippen LogP) is 5.21. The van der Waals surface area contributed by atoms with Crippen LogP contribution < -0.4 is 5.32 Å². The Labute approximate surface area is 129 Å². The van der Waals surface area contributed by atoms with Crippen molar-refractivity contribution in [2.75, 3.05) is 6.54 Å². The van der Waals surface area contributed by atoms with E-state index in [1.165, 1.54) is 28.7 Å². The van der Waals surface area contributed by atoms with Gasteiger partial charge in [-0.3, -0.25) is 0 Å². The summed E-state index contributed by atoms with van der Waals surface area (Å²) < 4.78 is 0. The number of rotatable bonds is 6. The van der Waals surface area contributed by atoms with Crippen molar-refractivity contribution in [1.82, 2.24) is 5.32 Å². The van der Waals surface area contributed by atoms with E-state index in [9.17, 15) is 0 Å². The standard InChI is InChI=1S/C20H27N/c1-5-16(4)17-11-13-19(14-12-17)20(21-6-2)18-9-7-15(3)8-10-18/h7-14,16,20-21H,5-6H2,1-4H3. The van der Waals surface area contributed by atoms with Crippen molar-refractivity contribution in [1.29, 1.82) is 0 Å². The third kappa shape index (κ3) is 3.95. The third-order valence-electron chi connectivity index (χ3n) is 4.27. The zero-order valence-electron chi connectivity index (χ0n) is 13.7. The van der Waals surface area contributed by atoms with Gasteiger partial charge in [-0.1, -0.05) is 74.9 Å². The van der Waals surface area contributed by atoms with E-state index in [0.29, 0.717) is 5.92 Å². The van der Waals surface area contributed by atoms with Gasteiger partial charge in [0.2, 0.25) is 0 Å². The molecule has 0 heterocycles. The Morgan fingerprint density at radius 1 is 0.810 bits per heavy atom. The molecule has 2 aromatic carbocycles. The monoisotopic (exact) mass is 281 g/mol. The van der Waals surface area contributed by atoms with Gasteiger partial charge in [-0.25, -0.2) is 0 Å². The molecule has 0 fully saturated rings. The summed E-state index contributed by atoms with van der Waals surface area (Å²) in [5.41, 5.74) is 5.41. The van der Waals surface area contributed by atoms with E-state index in [-0.39, 0.29) is 6.04 Å². The van der Waals surface area contributed by atoms with Gasteiger partial charge >= 0.3 is 0 Å². The summed E-state index contributed by atoms with van der Waals surface area (Å²) in [5.74, 6) is 0.635. The number of benzene rings is 2. The molecule has 0 aromatic heterocycles. The van der Waals surface area contributed by atoms with Crippen LogP contribution >= 0.6 is 0 Å². The highest BCUT2D eigenvalue weighted by Gasteiger charge is 2.13. The van der Waals surface area contributed by atoms with Crippen LogP contribution in [-0.4, -0.2) is 6.54 Å². The molecule has 0 radical (unpaired) electrons. The van der Waals surface area contributed by atoms with E-state index in [2.05, 4.69) is 81.5 Å². The van der Waals surface area contributed by atoms with Crippen LogP contribution in [0.2, 0.25) is 0 Å². The molecule has 0 amide bonds. The predicted molar refractivity (Wildman–Crippen MR) is 91.8 cm³/mol. The first-order valence-electron chi connectivity index (χ1n) is 8.05. The van der Waals surface area contributed by atoms with E-state index in [4.69, 9.17) is 0 Å². The van der Waals surface area contributed by atoms with E-state index >= 15 is 0 Å². The average Bonchev–Trinajstić information content (AvgIpc) is 2.53. The lowest BCUT2D eigenvalue weighted by Gasteiger charge is -2.20. The van der Waals surface area contributed by atoms with E-state index < -0.39 is 0 Å². The van der Waals surface area contributed by atoms with Crippen LogP contribution in [-0.2, 0) is 0 Å². The first-order valence-corrected chi connectivity index (χ1v) is 8.05. The van der Waals surface area contributed by atoms with Gasteiger partial charge in [-0.2, -0.15) is 0 Å². The smallest absolute Gasteiger partial charge is 0.0576 e. The third-order valence-corrected chi connectivity index (χ3v) is 4.27. The van der Waals surface area contributed by atoms with Crippen LogP contribution in [0.4, 0.5) is 0 Å². The molecule has 2 aromatic rings. The molecule has 1 heteroatoms. The van der Waals surface area contributed by atoms with Gasteiger partial charge in [0.25, 0.3) is 0 Å². The Balaban J connectivity index is 2.27. The summed E-state index contributed by atoms with van der Waals surface area (Å²) in [6.45, 7) is 9.79. The summed E-state index contributed by atoms with van der Waals surface area (Å²) in [5, 5.41) is 3.60. The maximum absolute atomic E-state index is 3.60. The summed E-state index contributed by atoms with van der Waals surface area (Å²) in [7, 11) is 0. The molecular formula is C20H27N. The van der Waals surface area contributed by atoms with Gasteiger partial charge in [0.05, 0.1) is 6.04 Å².